The molecule has 0 heterocycles. The Morgan fingerprint density at radius 3 is 2.32 bits per heavy atom. The summed E-state index contributed by atoms with van der Waals surface area (Å²) in [7, 11) is 0. The van der Waals surface area contributed by atoms with Crippen LogP contribution in [0.2, 0.25) is 0 Å². The number of fused-ring (bicyclic) bond motifs is 4. The SMILES string of the molecule is CCN(CCC(=O)O)C(=O)[C@@]12C[C@@H](NC(=O)OCC3c4ccccc4-c4ccccc43)C[C@@H]1C2. The van der Waals surface area contributed by atoms with Crippen LogP contribution in [-0.4, -0.2) is 53.7 Å². The quantitative estimate of drug-likeness (QED) is 0.618. The molecule has 2 aromatic rings. The molecule has 3 aliphatic rings. The van der Waals surface area contributed by atoms with Gasteiger partial charge in [0.2, 0.25) is 5.91 Å². The topological polar surface area (TPSA) is 95.9 Å². The first-order chi connectivity index (χ1) is 16.4. The molecule has 34 heavy (non-hydrogen) atoms. The lowest BCUT2D eigenvalue weighted by Gasteiger charge is -2.26. The van der Waals surface area contributed by atoms with Gasteiger partial charge >= 0.3 is 12.1 Å². The van der Waals surface area contributed by atoms with Gasteiger partial charge in [-0.25, -0.2) is 4.79 Å². The number of carboxylic acids is 1. The van der Waals surface area contributed by atoms with Gasteiger partial charge in [0.1, 0.15) is 6.61 Å². The highest BCUT2D eigenvalue weighted by atomic mass is 16.5. The molecule has 0 aliphatic heterocycles. The Labute approximate surface area is 199 Å². The highest BCUT2D eigenvalue weighted by Crippen LogP contribution is 2.64. The Hall–Kier alpha value is -3.35. The third kappa shape index (κ3) is 3.93. The molecule has 2 amide bonds. The molecular weight excluding hydrogens is 432 g/mol. The van der Waals surface area contributed by atoms with Crippen LogP contribution in [0.3, 0.4) is 0 Å². The minimum atomic E-state index is -0.905. The molecule has 2 fully saturated rings. The predicted octanol–water partition coefficient (Wildman–Crippen LogP) is 4.02. The molecule has 2 aromatic carbocycles. The van der Waals surface area contributed by atoms with Crippen molar-refractivity contribution >= 4 is 18.0 Å². The highest BCUT2D eigenvalue weighted by molar-refractivity contribution is 5.87. The van der Waals surface area contributed by atoms with Gasteiger partial charge in [0, 0.05) is 25.0 Å². The van der Waals surface area contributed by atoms with Gasteiger partial charge in [0.05, 0.1) is 11.8 Å². The lowest BCUT2D eigenvalue weighted by molar-refractivity contribution is -0.140. The van der Waals surface area contributed by atoms with E-state index in [0.29, 0.717) is 13.0 Å². The maximum Gasteiger partial charge on any atom is 0.407 e. The molecule has 0 unspecified atom stereocenters. The van der Waals surface area contributed by atoms with Crippen molar-refractivity contribution in [3.05, 3.63) is 59.7 Å². The number of hydrogen-bond acceptors (Lipinski definition) is 4. The zero-order valence-corrected chi connectivity index (χ0v) is 19.3. The average Bonchev–Trinajstić information content (AvgIpc) is 3.26. The number of nitrogens with one attached hydrogen (secondary N) is 1. The van der Waals surface area contributed by atoms with Crippen molar-refractivity contribution < 1.29 is 24.2 Å². The third-order valence-corrected chi connectivity index (χ3v) is 7.77. The molecule has 0 spiro atoms. The minimum absolute atomic E-state index is 0.00963. The van der Waals surface area contributed by atoms with E-state index in [-0.39, 0.29) is 43.4 Å². The van der Waals surface area contributed by atoms with Gasteiger partial charge in [-0.3, -0.25) is 9.59 Å². The van der Waals surface area contributed by atoms with E-state index in [0.717, 1.165) is 12.8 Å². The molecule has 0 saturated heterocycles. The van der Waals surface area contributed by atoms with E-state index in [1.807, 2.05) is 31.2 Å². The van der Waals surface area contributed by atoms with Crippen LogP contribution in [0.25, 0.3) is 11.1 Å². The summed E-state index contributed by atoms with van der Waals surface area (Å²) in [5.74, 6) is -0.622. The van der Waals surface area contributed by atoms with Gasteiger partial charge in [-0.1, -0.05) is 48.5 Å². The fourth-order valence-electron chi connectivity index (χ4n) is 6.02. The van der Waals surface area contributed by atoms with E-state index in [1.165, 1.54) is 22.3 Å². The fourth-order valence-corrected chi connectivity index (χ4v) is 6.02. The highest BCUT2D eigenvalue weighted by Gasteiger charge is 2.65. The molecule has 2 N–H and O–H groups in total. The van der Waals surface area contributed by atoms with Crippen LogP contribution in [0.5, 0.6) is 0 Å². The van der Waals surface area contributed by atoms with E-state index in [9.17, 15) is 14.4 Å². The van der Waals surface area contributed by atoms with E-state index in [4.69, 9.17) is 9.84 Å². The number of carbonyl (C=O) groups is 3. The minimum Gasteiger partial charge on any atom is -0.481 e. The molecule has 178 valence electrons. The summed E-state index contributed by atoms with van der Waals surface area (Å²) in [6, 6.07) is 16.3. The summed E-state index contributed by atoms with van der Waals surface area (Å²) >= 11 is 0. The number of ether oxygens (including phenoxy) is 1. The van der Waals surface area contributed by atoms with Crippen molar-refractivity contribution in [2.75, 3.05) is 19.7 Å². The van der Waals surface area contributed by atoms with Crippen LogP contribution < -0.4 is 5.32 Å². The maximum atomic E-state index is 13.1. The predicted molar refractivity (Wildman–Crippen MR) is 126 cm³/mol. The van der Waals surface area contributed by atoms with Crippen LogP contribution in [0.4, 0.5) is 4.79 Å². The van der Waals surface area contributed by atoms with Crippen LogP contribution in [0.1, 0.15) is 49.7 Å². The van der Waals surface area contributed by atoms with Crippen molar-refractivity contribution in [2.45, 2.75) is 44.6 Å². The molecule has 0 bridgehead atoms. The van der Waals surface area contributed by atoms with Crippen molar-refractivity contribution in [2.24, 2.45) is 11.3 Å². The van der Waals surface area contributed by atoms with E-state index >= 15 is 0 Å². The Bertz CT molecular complexity index is 1090. The largest absolute Gasteiger partial charge is 0.481 e. The van der Waals surface area contributed by atoms with E-state index < -0.39 is 17.5 Å². The normalized spacial score (nSPS) is 24.0. The van der Waals surface area contributed by atoms with Gasteiger partial charge in [0.15, 0.2) is 0 Å². The first-order valence-electron chi connectivity index (χ1n) is 12.1. The molecule has 0 aromatic heterocycles. The summed E-state index contributed by atoms with van der Waals surface area (Å²) in [6.07, 6.45) is 1.66. The smallest absolute Gasteiger partial charge is 0.407 e. The molecule has 3 aliphatic carbocycles. The molecule has 0 radical (unpaired) electrons. The van der Waals surface area contributed by atoms with E-state index in [1.54, 1.807) is 4.90 Å². The first kappa shape index (κ1) is 22.4. The Morgan fingerprint density at radius 2 is 1.71 bits per heavy atom. The Balaban J connectivity index is 1.17. The Morgan fingerprint density at radius 1 is 1.06 bits per heavy atom. The van der Waals surface area contributed by atoms with E-state index in [2.05, 4.69) is 29.6 Å². The fraction of sp³-hybridized carbons (Fsp3) is 0.444. The monoisotopic (exact) mass is 462 g/mol. The number of benzene rings is 2. The number of carboxylic acid groups (broad SMARTS) is 1. The third-order valence-electron chi connectivity index (χ3n) is 7.77. The number of aliphatic carboxylic acids is 1. The number of hydrogen-bond donors (Lipinski definition) is 2. The van der Waals surface area contributed by atoms with Crippen molar-refractivity contribution in [3.8, 4) is 11.1 Å². The van der Waals surface area contributed by atoms with Gasteiger partial charge in [-0.05, 0) is 54.4 Å². The number of nitrogens with zero attached hydrogens (tertiary/aromatic N) is 1. The van der Waals surface area contributed by atoms with Crippen molar-refractivity contribution in [3.63, 3.8) is 0 Å². The molecule has 7 nitrogen and oxygen atoms in total. The zero-order chi connectivity index (χ0) is 23.9. The lowest BCUT2D eigenvalue weighted by Crippen LogP contribution is -2.41. The summed E-state index contributed by atoms with van der Waals surface area (Å²) in [4.78, 5) is 38.3. The first-order valence-corrected chi connectivity index (χ1v) is 12.1. The van der Waals surface area contributed by atoms with Crippen molar-refractivity contribution in [1.82, 2.24) is 10.2 Å². The van der Waals surface area contributed by atoms with Crippen molar-refractivity contribution in [1.29, 1.82) is 0 Å². The number of amides is 2. The van der Waals surface area contributed by atoms with Gasteiger partial charge in [-0.15, -0.1) is 0 Å². The number of carbonyl (C=O) groups excluding carboxylic acids is 2. The van der Waals surface area contributed by atoms with Crippen LogP contribution in [-0.2, 0) is 14.3 Å². The lowest BCUT2D eigenvalue weighted by atomic mass is 9.98. The average molecular weight is 463 g/mol. The van der Waals surface area contributed by atoms with Crippen LogP contribution >= 0.6 is 0 Å². The summed E-state index contributed by atoms with van der Waals surface area (Å²) < 4.78 is 5.67. The summed E-state index contributed by atoms with van der Waals surface area (Å²) in [6.45, 7) is 2.85. The van der Waals surface area contributed by atoms with Crippen LogP contribution in [0, 0.1) is 11.3 Å². The Kier molecular flexibility index (Phi) is 5.80. The number of rotatable bonds is 8. The summed E-state index contributed by atoms with van der Waals surface area (Å²) in [5.41, 5.74) is 4.27. The molecule has 5 rings (SSSR count). The standard InChI is InChI=1S/C27H30N2O5/c1-2-29(12-11-24(30)31)25(32)27-14-17(27)13-18(15-27)28-26(33)34-16-23-21-9-5-3-7-19(21)20-8-4-6-10-22(20)23/h3-10,17-18,23H,2,11-16H2,1H3,(H,28,33)(H,30,31)/t17-,18+,27+/m1/s1. The molecule has 2 saturated carbocycles. The van der Waals surface area contributed by atoms with Gasteiger partial charge in [0.25, 0.3) is 0 Å². The van der Waals surface area contributed by atoms with Gasteiger partial charge < -0.3 is 20.1 Å². The number of alkyl carbamates (subject to hydrolysis) is 1. The molecule has 3 atom stereocenters. The second-order valence-electron chi connectivity index (χ2n) is 9.69. The zero-order valence-electron chi connectivity index (χ0n) is 19.3. The molecular formula is C27H30N2O5. The summed E-state index contributed by atoms with van der Waals surface area (Å²) in [5, 5.41) is 11.9. The molecule has 7 heteroatoms. The second-order valence-corrected chi connectivity index (χ2v) is 9.69. The van der Waals surface area contributed by atoms with Crippen LogP contribution in [0.15, 0.2) is 48.5 Å². The van der Waals surface area contributed by atoms with Gasteiger partial charge in [-0.2, -0.15) is 0 Å². The second kappa shape index (κ2) is 8.78. The maximum absolute atomic E-state index is 13.1.